The van der Waals surface area contributed by atoms with Crippen LogP contribution in [-0.4, -0.2) is 11.6 Å². The van der Waals surface area contributed by atoms with Crippen LogP contribution in [0.15, 0.2) is 0 Å². The van der Waals surface area contributed by atoms with Gasteiger partial charge in [-0.3, -0.25) is 4.79 Å². The van der Waals surface area contributed by atoms with E-state index in [9.17, 15) is 9.59 Å². The van der Waals surface area contributed by atoms with Crippen molar-refractivity contribution in [1.29, 1.82) is 0 Å². The summed E-state index contributed by atoms with van der Waals surface area (Å²) in [5.74, 6) is 5.38. The van der Waals surface area contributed by atoms with Crippen molar-refractivity contribution in [2.24, 2.45) is 46.3 Å². The number of carbonyl (C=O) groups is 2. The highest BCUT2D eigenvalue weighted by atomic mass is 16.1. The molecule has 146 valence electrons. The van der Waals surface area contributed by atoms with Crippen molar-refractivity contribution in [3.63, 3.8) is 0 Å². The summed E-state index contributed by atoms with van der Waals surface area (Å²) in [6.45, 7) is 9.20. The number of hydrogen-bond acceptors (Lipinski definition) is 2. The maximum atomic E-state index is 12.0. The van der Waals surface area contributed by atoms with Gasteiger partial charge in [0.15, 0.2) is 0 Å². The highest BCUT2D eigenvalue weighted by molar-refractivity contribution is 5.79. The van der Waals surface area contributed by atoms with Gasteiger partial charge in [-0.15, -0.1) is 0 Å². The summed E-state index contributed by atoms with van der Waals surface area (Å²) in [4.78, 5) is 23.7. The standard InChI is InChI=1S/C24H38O2/c1-15(13-16(2)25)20-7-8-21-19-6-5-17-14-18(26)9-11-23(17,3)22(19)10-12-24(20,21)4/h15,17,19-22H,5-14H2,1-4H3/t15-,17?,19+,20-,21+,22+,23+,24-/m1/s1. The summed E-state index contributed by atoms with van der Waals surface area (Å²) in [5, 5.41) is 0. The number of hydrogen-bond donors (Lipinski definition) is 0. The van der Waals surface area contributed by atoms with Crippen molar-refractivity contribution < 1.29 is 9.59 Å². The maximum absolute atomic E-state index is 12.0. The van der Waals surface area contributed by atoms with Crippen molar-refractivity contribution in [1.82, 2.24) is 0 Å². The Hall–Kier alpha value is -0.660. The zero-order valence-corrected chi connectivity index (χ0v) is 17.4. The summed E-state index contributed by atoms with van der Waals surface area (Å²) in [7, 11) is 0. The van der Waals surface area contributed by atoms with E-state index in [4.69, 9.17) is 0 Å². The van der Waals surface area contributed by atoms with E-state index in [0.717, 1.165) is 49.4 Å². The van der Waals surface area contributed by atoms with Gasteiger partial charge in [-0.25, -0.2) is 0 Å². The molecule has 2 nitrogen and oxygen atoms in total. The molecule has 0 radical (unpaired) electrons. The van der Waals surface area contributed by atoms with Gasteiger partial charge in [-0.05, 0) is 98.2 Å². The zero-order chi connectivity index (χ0) is 18.7. The topological polar surface area (TPSA) is 34.1 Å². The SMILES string of the molecule is CC(=O)C[C@@H](C)[C@H]1CC[C@H]2[C@@H]3CCC4CC(=O)CC[C@]4(C)[C@H]3CC[C@]12C. The van der Waals surface area contributed by atoms with Crippen LogP contribution in [-0.2, 0) is 9.59 Å². The summed E-state index contributed by atoms with van der Waals surface area (Å²) in [6, 6.07) is 0. The first kappa shape index (κ1) is 18.7. The van der Waals surface area contributed by atoms with Crippen LogP contribution < -0.4 is 0 Å². The molecule has 4 aliphatic carbocycles. The summed E-state index contributed by atoms with van der Waals surface area (Å²) < 4.78 is 0. The number of fused-ring (bicyclic) bond motifs is 5. The van der Waals surface area contributed by atoms with Crippen LogP contribution in [0.4, 0.5) is 0 Å². The zero-order valence-electron chi connectivity index (χ0n) is 17.4. The van der Waals surface area contributed by atoms with Gasteiger partial charge >= 0.3 is 0 Å². The molecule has 0 aromatic rings. The average molecular weight is 359 g/mol. The van der Waals surface area contributed by atoms with Gasteiger partial charge in [0.1, 0.15) is 11.6 Å². The van der Waals surface area contributed by atoms with Crippen molar-refractivity contribution in [3.8, 4) is 0 Å². The highest BCUT2D eigenvalue weighted by Gasteiger charge is 2.60. The van der Waals surface area contributed by atoms with Crippen molar-refractivity contribution in [3.05, 3.63) is 0 Å². The molecule has 0 aromatic carbocycles. The van der Waals surface area contributed by atoms with Gasteiger partial charge in [-0.2, -0.15) is 0 Å². The molecular formula is C24H38O2. The molecular weight excluding hydrogens is 320 g/mol. The molecule has 4 aliphatic rings. The van der Waals surface area contributed by atoms with Crippen LogP contribution in [0.25, 0.3) is 0 Å². The first-order chi connectivity index (χ1) is 12.3. The second-order valence-corrected chi connectivity index (χ2v) is 11.0. The van der Waals surface area contributed by atoms with Crippen molar-refractivity contribution >= 4 is 11.6 Å². The Balaban J connectivity index is 1.56. The van der Waals surface area contributed by atoms with Crippen LogP contribution >= 0.6 is 0 Å². The summed E-state index contributed by atoms with van der Waals surface area (Å²) in [5.41, 5.74) is 0.866. The molecule has 8 atom stereocenters. The molecule has 0 heterocycles. The predicted octanol–water partition coefficient (Wildman–Crippen LogP) is 5.83. The third kappa shape index (κ3) is 2.73. The van der Waals surface area contributed by atoms with E-state index in [1.807, 2.05) is 0 Å². The molecule has 0 aliphatic heterocycles. The molecule has 0 saturated heterocycles. The average Bonchev–Trinajstić information content (AvgIpc) is 2.92. The van der Waals surface area contributed by atoms with Crippen LogP contribution in [0, 0.1) is 46.3 Å². The fourth-order valence-electron chi connectivity index (χ4n) is 8.62. The minimum atomic E-state index is 0.359. The predicted molar refractivity (Wildman–Crippen MR) is 105 cm³/mol. The highest BCUT2D eigenvalue weighted by Crippen LogP contribution is 2.68. The lowest BCUT2D eigenvalue weighted by Crippen LogP contribution is -2.53. The first-order valence-electron chi connectivity index (χ1n) is 11.3. The van der Waals surface area contributed by atoms with Crippen LogP contribution in [0.1, 0.15) is 91.9 Å². The van der Waals surface area contributed by atoms with E-state index >= 15 is 0 Å². The van der Waals surface area contributed by atoms with E-state index in [-0.39, 0.29) is 0 Å². The number of carbonyl (C=O) groups excluding carboxylic acids is 2. The van der Waals surface area contributed by atoms with Gasteiger partial charge in [0.25, 0.3) is 0 Å². The Kier molecular flexibility index (Phi) is 4.64. The Morgan fingerprint density at radius 3 is 2.50 bits per heavy atom. The molecule has 0 N–H and O–H groups in total. The Morgan fingerprint density at radius 1 is 1.04 bits per heavy atom. The molecule has 4 rings (SSSR count). The van der Waals surface area contributed by atoms with Crippen LogP contribution in [0.3, 0.4) is 0 Å². The van der Waals surface area contributed by atoms with Crippen LogP contribution in [0.5, 0.6) is 0 Å². The quantitative estimate of drug-likeness (QED) is 0.636. The maximum Gasteiger partial charge on any atom is 0.133 e. The summed E-state index contributed by atoms with van der Waals surface area (Å²) in [6.07, 6.45) is 11.7. The molecule has 2 heteroatoms. The third-order valence-electron chi connectivity index (χ3n) is 9.85. The molecule has 0 amide bonds. The van der Waals surface area contributed by atoms with Gasteiger partial charge in [0.2, 0.25) is 0 Å². The molecule has 4 saturated carbocycles. The first-order valence-corrected chi connectivity index (χ1v) is 11.3. The second kappa shape index (κ2) is 6.45. The van der Waals surface area contributed by atoms with Gasteiger partial charge in [-0.1, -0.05) is 20.8 Å². The normalized spacial score (nSPS) is 49.1. The lowest BCUT2D eigenvalue weighted by molar-refractivity contribution is -0.140. The van der Waals surface area contributed by atoms with Crippen molar-refractivity contribution in [2.45, 2.75) is 91.9 Å². The lowest BCUT2D eigenvalue weighted by atomic mass is 9.44. The molecule has 0 bridgehead atoms. The molecule has 0 spiro atoms. The minimum absolute atomic E-state index is 0.359. The number of rotatable bonds is 3. The van der Waals surface area contributed by atoms with Crippen LogP contribution in [0.2, 0.25) is 0 Å². The van der Waals surface area contributed by atoms with E-state index in [1.54, 1.807) is 6.92 Å². The molecule has 1 unspecified atom stereocenters. The fraction of sp³-hybridized carbons (Fsp3) is 0.917. The lowest BCUT2D eigenvalue weighted by Gasteiger charge is -2.60. The fourth-order valence-corrected chi connectivity index (χ4v) is 8.62. The van der Waals surface area contributed by atoms with E-state index in [1.165, 1.54) is 38.5 Å². The van der Waals surface area contributed by atoms with Gasteiger partial charge < -0.3 is 4.79 Å². The number of Topliss-reactive ketones (excluding diaryl/α,β-unsaturated/α-hetero) is 2. The Bertz CT molecular complexity index is 595. The minimum Gasteiger partial charge on any atom is -0.300 e. The van der Waals surface area contributed by atoms with E-state index in [2.05, 4.69) is 20.8 Å². The van der Waals surface area contributed by atoms with Crippen molar-refractivity contribution in [2.75, 3.05) is 0 Å². The molecule has 0 aromatic heterocycles. The van der Waals surface area contributed by atoms with E-state index in [0.29, 0.717) is 34.2 Å². The van der Waals surface area contributed by atoms with Gasteiger partial charge in [0.05, 0.1) is 0 Å². The van der Waals surface area contributed by atoms with Gasteiger partial charge in [0, 0.05) is 19.3 Å². The van der Waals surface area contributed by atoms with E-state index < -0.39 is 0 Å². The second-order valence-electron chi connectivity index (χ2n) is 11.0. The smallest absolute Gasteiger partial charge is 0.133 e. The largest absolute Gasteiger partial charge is 0.300 e. The monoisotopic (exact) mass is 358 g/mol. The molecule has 4 fully saturated rings. The number of ketones is 2. The third-order valence-corrected chi connectivity index (χ3v) is 9.85. The summed E-state index contributed by atoms with van der Waals surface area (Å²) >= 11 is 0. The Morgan fingerprint density at radius 2 is 1.77 bits per heavy atom. The molecule has 26 heavy (non-hydrogen) atoms. The Labute approximate surface area is 159 Å².